The van der Waals surface area contributed by atoms with Gasteiger partial charge in [0.05, 0.1) is 22.9 Å². The fourth-order valence-electron chi connectivity index (χ4n) is 2.53. The maximum Gasteiger partial charge on any atom is 0.416 e. The minimum absolute atomic E-state index is 0.0630. The number of thiazole rings is 1. The summed E-state index contributed by atoms with van der Waals surface area (Å²) in [4.78, 5) is 27.6. The van der Waals surface area contributed by atoms with Crippen LogP contribution in [0.4, 0.5) is 13.2 Å². The van der Waals surface area contributed by atoms with Crippen molar-refractivity contribution < 1.29 is 32.6 Å². The maximum absolute atomic E-state index is 12.9. The van der Waals surface area contributed by atoms with Crippen molar-refractivity contribution in [2.24, 2.45) is 4.99 Å². The van der Waals surface area contributed by atoms with Crippen molar-refractivity contribution in [2.75, 3.05) is 7.11 Å². The predicted octanol–water partition coefficient (Wildman–Crippen LogP) is 3.56. The Hall–Kier alpha value is -3.14. The third-order valence-corrected chi connectivity index (χ3v) is 4.86. The highest BCUT2D eigenvalue weighted by molar-refractivity contribution is 7.16. The zero-order chi connectivity index (χ0) is 20.5. The molecular formula is C18H13F3N2O4S. The molecule has 0 atom stereocenters. The van der Waals surface area contributed by atoms with Gasteiger partial charge in [0.25, 0.3) is 5.91 Å². The third-order valence-electron chi connectivity index (χ3n) is 3.82. The fraction of sp³-hybridized carbons (Fsp3) is 0.167. The number of alkyl halides is 3. The summed E-state index contributed by atoms with van der Waals surface area (Å²) in [5.74, 6) is -1.51. The molecule has 1 amide bonds. The minimum Gasteiger partial charge on any atom is -0.497 e. The van der Waals surface area contributed by atoms with E-state index in [2.05, 4.69) is 4.99 Å². The van der Waals surface area contributed by atoms with E-state index in [0.29, 0.717) is 22.0 Å². The average molecular weight is 410 g/mol. The van der Waals surface area contributed by atoms with E-state index in [-0.39, 0.29) is 10.4 Å². The molecule has 146 valence electrons. The van der Waals surface area contributed by atoms with E-state index in [0.717, 1.165) is 23.5 Å². The van der Waals surface area contributed by atoms with Crippen molar-refractivity contribution in [3.05, 3.63) is 58.4 Å². The maximum atomic E-state index is 12.9. The van der Waals surface area contributed by atoms with Crippen LogP contribution in [0.25, 0.3) is 10.2 Å². The van der Waals surface area contributed by atoms with E-state index in [4.69, 9.17) is 9.84 Å². The molecule has 10 heteroatoms. The zero-order valence-corrected chi connectivity index (χ0v) is 15.2. The molecule has 0 aliphatic heterocycles. The number of carbonyl (C=O) groups is 2. The number of halogens is 3. The van der Waals surface area contributed by atoms with Crippen molar-refractivity contribution >= 4 is 33.4 Å². The molecule has 6 nitrogen and oxygen atoms in total. The second-order valence-electron chi connectivity index (χ2n) is 5.69. The quantitative estimate of drug-likeness (QED) is 0.713. The molecule has 0 unspecified atom stereocenters. The largest absolute Gasteiger partial charge is 0.497 e. The van der Waals surface area contributed by atoms with Gasteiger partial charge in [-0.25, -0.2) is 0 Å². The Morgan fingerprint density at radius 1 is 1.21 bits per heavy atom. The molecule has 1 heterocycles. The lowest BCUT2D eigenvalue weighted by molar-refractivity contribution is -0.138. The molecule has 3 aromatic rings. The van der Waals surface area contributed by atoms with E-state index < -0.39 is 30.2 Å². The van der Waals surface area contributed by atoms with Gasteiger partial charge in [-0.2, -0.15) is 18.2 Å². The summed E-state index contributed by atoms with van der Waals surface area (Å²) in [5, 5.41) is 9.15. The zero-order valence-electron chi connectivity index (χ0n) is 14.4. The van der Waals surface area contributed by atoms with Crippen molar-refractivity contribution in [1.82, 2.24) is 4.57 Å². The van der Waals surface area contributed by atoms with Crippen LogP contribution in [0.1, 0.15) is 15.9 Å². The topological polar surface area (TPSA) is 80.9 Å². The van der Waals surface area contributed by atoms with Crippen molar-refractivity contribution in [1.29, 1.82) is 0 Å². The molecule has 28 heavy (non-hydrogen) atoms. The lowest BCUT2D eigenvalue weighted by atomic mass is 10.1. The number of carboxylic acids is 1. The number of aromatic nitrogens is 1. The summed E-state index contributed by atoms with van der Waals surface area (Å²) in [6.07, 6.45) is -4.59. The number of hydrogen-bond donors (Lipinski definition) is 1. The van der Waals surface area contributed by atoms with Gasteiger partial charge < -0.3 is 14.4 Å². The molecule has 0 saturated carbocycles. The van der Waals surface area contributed by atoms with Crippen LogP contribution in [0.2, 0.25) is 0 Å². The second-order valence-corrected chi connectivity index (χ2v) is 6.70. The van der Waals surface area contributed by atoms with Gasteiger partial charge in [0.1, 0.15) is 12.3 Å². The lowest BCUT2D eigenvalue weighted by Gasteiger charge is -2.06. The Morgan fingerprint density at radius 3 is 2.61 bits per heavy atom. The van der Waals surface area contributed by atoms with E-state index in [9.17, 15) is 22.8 Å². The molecule has 0 fully saturated rings. The molecule has 0 bridgehead atoms. The number of nitrogens with zero attached hydrogens (tertiary/aromatic N) is 2. The van der Waals surface area contributed by atoms with Crippen LogP contribution in [0.5, 0.6) is 5.75 Å². The third kappa shape index (κ3) is 4.06. The normalized spacial score (nSPS) is 12.4. The van der Waals surface area contributed by atoms with Crippen LogP contribution in [-0.4, -0.2) is 28.7 Å². The number of amides is 1. The van der Waals surface area contributed by atoms with Crippen LogP contribution in [0, 0.1) is 0 Å². The number of hydrogen-bond acceptors (Lipinski definition) is 4. The minimum atomic E-state index is -4.59. The predicted molar refractivity (Wildman–Crippen MR) is 95.3 cm³/mol. The Balaban J connectivity index is 2.12. The highest BCUT2D eigenvalue weighted by Crippen LogP contribution is 2.29. The molecule has 3 rings (SSSR count). The first-order valence-corrected chi connectivity index (χ1v) is 8.66. The average Bonchev–Trinajstić information content (AvgIpc) is 2.96. The SMILES string of the molecule is COc1ccc2c(c1)sc(=NC(=O)c1cccc(C(F)(F)F)c1)n2CC(=O)O. The van der Waals surface area contributed by atoms with Gasteiger partial charge in [-0.05, 0) is 36.4 Å². The lowest BCUT2D eigenvalue weighted by Crippen LogP contribution is -2.21. The van der Waals surface area contributed by atoms with Gasteiger partial charge in [-0.15, -0.1) is 0 Å². The van der Waals surface area contributed by atoms with Crippen LogP contribution in [0.3, 0.4) is 0 Å². The standard InChI is InChI=1S/C18H13F3N2O4S/c1-27-12-5-6-13-14(8-12)28-17(23(13)9-15(24)25)22-16(26)10-3-2-4-11(7-10)18(19,20)21/h2-8H,9H2,1H3,(H,24,25). The number of fused-ring (bicyclic) bond motifs is 1. The van der Waals surface area contributed by atoms with Gasteiger partial charge in [-0.1, -0.05) is 17.4 Å². The second kappa shape index (κ2) is 7.47. The van der Waals surface area contributed by atoms with Crippen molar-refractivity contribution in [2.45, 2.75) is 12.7 Å². The molecule has 0 spiro atoms. The number of carboxylic acid groups (broad SMARTS) is 1. The molecule has 0 saturated heterocycles. The van der Waals surface area contributed by atoms with Crippen LogP contribution in [-0.2, 0) is 17.5 Å². The van der Waals surface area contributed by atoms with Crippen LogP contribution in [0.15, 0.2) is 47.5 Å². The molecule has 0 aliphatic carbocycles. The number of rotatable bonds is 4. The molecular weight excluding hydrogens is 397 g/mol. The number of aliphatic carboxylic acids is 1. The number of methoxy groups -OCH3 is 1. The van der Waals surface area contributed by atoms with E-state index >= 15 is 0 Å². The first-order chi connectivity index (χ1) is 13.2. The monoisotopic (exact) mass is 410 g/mol. The first kappa shape index (κ1) is 19.6. The van der Waals surface area contributed by atoms with Gasteiger partial charge in [-0.3, -0.25) is 9.59 Å². The Labute approximate surface area is 160 Å². The number of benzene rings is 2. The van der Waals surface area contributed by atoms with Crippen molar-refractivity contribution in [3.63, 3.8) is 0 Å². The molecule has 1 N–H and O–H groups in total. The van der Waals surface area contributed by atoms with Gasteiger partial charge >= 0.3 is 12.1 Å². The smallest absolute Gasteiger partial charge is 0.416 e. The Kier molecular flexibility index (Phi) is 5.23. The summed E-state index contributed by atoms with van der Waals surface area (Å²) < 4.78 is 45.6. The van der Waals surface area contributed by atoms with E-state index in [1.165, 1.54) is 17.7 Å². The summed E-state index contributed by atoms with van der Waals surface area (Å²) >= 11 is 1.04. The van der Waals surface area contributed by atoms with Crippen LogP contribution < -0.4 is 9.54 Å². The highest BCUT2D eigenvalue weighted by Gasteiger charge is 2.30. The molecule has 1 aromatic heterocycles. The molecule has 2 aromatic carbocycles. The van der Waals surface area contributed by atoms with Gasteiger partial charge in [0, 0.05) is 5.56 Å². The fourth-order valence-corrected chi connectivity index (χ4v) is 3.59. The Bertz CT molecular complexity index is 1130. The van der Waals surface area contributed by atoms with Crippen LogP contribution >= 0.6 is 11.3 Å². The van der Waals surface area contributed by atoms with E-state index in [1.54, 1.807) is 18.2 Å². The number of carbonyl (C=O) groups excluding carboxylic acids is 1. The summed E-state index contributed by atoms with van der Waals surface area (Å²) in [6, 6.07) is 8.82. The molecule has 0 aliphatic rings. The summed E-state index contributed by atoms with van der Waals surface area (Å²) in [7, 11) is 1.47. The van der Waals surface area contributed by atoms with Gasteiger partial charge in [0.2, 0.25) is 0 Å². The first-order valence-electron chi connectivity index (χ1n) is 7.84. The number of ether oxygens (including phenoxy) is 1. The Morgan fingerprint density at radius 2 is 1.96 bits per heavy atom. The van der Waals surface area contributed by atoms with Crippen molar-refractivity contribution in [3.8, 4) is 5.75 Å². The highest BCUT2D eigenvalue weighted by atomic mass is 32.1. The van der Waals surface area contributed by atoms with Gasteiger partial charge in [0.15, 0.2) is 4.80 Å². The summed E-state index contributed by atoms with van der Waals surface area (Å²) in [6.45, 7) is -0.457. The molecule has 0 radical (unpaired) electrons. The summed E-state index contributed by atoms with van der Waals surface area (Å²) in [5.41, 5.74) is -0.691. The van der Waals surface area contributed by atoms with E-state index in [1.807, 2.05) is 0 Å².